The summed E-state index contributed by atoms with van der Waals surface area (Å²) in [6.07, 6.45) is 2.90. The van der Waals surface area contributed by atoms with Crippen LogP contribution in [-0.2, 0) is 6.42 Å². The van der Waals surface area contributed by atoms with Crippen molar-refractivity contribution in [2.45, 2.75) is 20.3 Å². The Morgan fingerprint density at radius 2 is 2.23 bits per heavy atom. The van der Waals surface area contributed by atoms with Gasteiger partial charge in [0.05, 0.1) is 0 Å². The SMILES string of the molecule is CCc1nnc2c(C)c(Br)ccn12. The molecule has 0 aromatic carbocycles. The van der Waals surface area contributed by atoms with Crippen molar-refractivity contribution in [3.8, 4) is 0 Å². The quantitative estimate of drug-likeness (QED) is 0.765. The maximum atomic E-state index is 4.13. The number of hydrogen-bond acceptors (Lipinski definition) is 2. The standard InChI is InChI=1S/C9H10BrN3/c1-3-8-11-12-9-6(2)7(10)4-5-13(8)9/h4-5H,3H2,1-2H3. The highest BCUT2D eigenvalue weighted by Crippen LogP contribution is 2.19. The fourth-order valence-electron chi connectivity index (χ4n) is 1.35. The van der Waals surface area contributed by atoms with Crippen molar-refractivity contribution in [1.82, 2.24) is 14.6 Å². The van der Waals surface area contributed by atoms with Crippen LogP contribution in [0.15, 0.2) is 16.7 Å². The summed E-state index contributed by atoms with van der Waals surface area (Å²) >= 11 is 3.47. The van der Waals surface area contributed by atoms with E-state index in [1.807, 2.05) is 23.6 Å². The van der Waals surface area contributed by atoms with Crippen molar-refractivity contribution >= 4 is 21.6 Å². The molecule has 0 saturated heterocycles. The number of aryl methyl sites for hydroxylation is 2. The molecule has 0 fully saturated rings. The predicted octanol–water partition coefficient (Wildman–Crippen LogP) is 2.36. The topological polar surface area (TPSA) is 30.2 Å². The molecule has 68 valence electrons. The Morgan fingerprint density at radius 1 is 1.46 bits per heavy atom. The second-order valence-electron chi connectivity index (χ2n) is 2.95. The average Bonchev–Trinajstić information content (AvgIpc) is 2.55. The molecular formula is C9H10BrN3. The van der Waals surface area contributed by atoms with Crippen LogP contribution < -0.4 is 0 Å². The number of aromatic nitrogens is 3. The molecule has 3 nitrogen and oxygen atoms in total. The van der Waals surface area contributed by atoms with E-state index in [4.69, 9.17) is 0 Å². The highest BCUT2D eigenvalue weighted by Gasteiger charge is 2.06. The van der Waals surface area contributed by atoms with Gasteiger partial charge in [0.25, 0.3) is 0 Å². The molecule has 2 rings (SSSR count). The zero-order valence-electron chi connectivity index (χ0n) is 7.58. The van der Waals surface area contributed by atoms with Gasteiger partial charge in [0.15, 0.2) is 5.65 Å². The van der Waals surface area contributed by atoms with Gasteiger partial charge in [0.1, 0.15) is 5.82 Å². The third kappa shape index (κ3) is 1.25. The highest BCUT2D eigenvalue weighted by atomic mass is 79.9. The van der Waals surface area contributed by atoms with Gasteiger partial charge in [-0.05, 0) is 13.0 Å². The van der Waals surface area contributed by atoms with Crippen LogP contribution in [0.3, 0.4) is 0 Å². The Morgan fingerprint density at radius 3 is 2.92 bits per heavy atom. The maximum Gasteiger partial charge on any atom is 0.164 e. The van der Waals surface area contributed by atoms with Gasteiger partial charge < -0.3 is 0 Å². The molecule has 0 amide bonds. The van der Waals surface area contributed by atoms with E-state index in [1.165, 1.54) is 0 Å². The molecule has 13 heavy (non-hydrogen) atoms. The predicted molar refractivity (Wildman–Crippen MR) is 54.8 cm³/mol. The van der Waals surface area contributed by atoms with Crippen molar-refractivity contribution < 1.29 is 0 Å². The van der Waals surface area contributed by atoms with E-state index in [2.05, 4.69) is 33.1 Å². The summed E-state index contributed by atoms with van der Waals surface area (Å²) in [6.45, 7) is 4.11. The Kier molecular flexibility index (Phi) is 2.07. The summed E-state index contributed by atoms with van der Waals surface area (Å²) in [7, 11) is 0. The molecule has 2 heterocycles. The van der Waals surface area contributed by atoms with E-state index in [9.17, 15) is 0 Å². The number of pyridine rings is 1. The second kappa shape index (κ2) is 3.10. The first-order valence-corrected chi connectivity index (χ1v) is 5.02. The normalized spacial score (nSPS) is 11.0. The minimum absolute atomic E-state index is 0.905. The number of halogens is 1. The number of rotatable bonds is 1. The molecule has 0 bridgehead atoms. The van der Waals surface area contributed by atoms with E-state index >= 15 is 0 Å². The van der Waals surface area contributed by atoms with Gasteiger partial charge in [-0.25, -0.2) is 0 Å². The first kappa shape index (κ1) is 8.69. The molecule has 0 unspecified atom stereocenters. The molecule has 2 aromatic rings. The minimum Gasteiger partial charge on any atom is -0.286 e. The van der Waals surface area contributed by atoms with Gasteiger partial charge in [-0.15, -0.1) is 10.2 Å². The zero-order chi connectivity index (χ0) is 9.42. The van der Waals surface area contributed by atoms with Crippen molar-refractivity contribution in [2.24, 2.45) is 0 Å². The summed E-state index contributed by atoms with van der Waals surface area (Å²) < 4.78 is 3.11. The van der Waals surface area contributed by atoms with E-state index in [1.54, 1.807) is 0 Å². The van der Waals surface area contributed by atoms with Crippen LogP contribution in [0.1, 0.15) is 18.3 Å². The first-order chi connectivity index (χ1) is 6.24. The molecule has 0 N–H and O–H groups in total. The smallest absolute Gasteiger partial charge is 0.164 e. The van der Waals surface area contributed by atoms with Crippen molar-refractivity contribution in [3.63, 3.8) is 0 Å². The number of hydrogen-bond donors (Lipinski definition) is 0. The van der Waals surface area contributed by atoms with Gasteiger partial charge >= 0.3 is 0 Å². The summed E-state index contributed by atoms with van der Waals surface area (Å²) in [5.41, 5.74) is 2.07. The van der Waals surface area contributed by atoms with Gasteiger partial charge in [0.2, 0.25) is 0 Å². The monoisotopic (exact) mass is 239 g/mol. The molecule has 0 saturated carbocycles. The average molecular weight is 240 g/mol. The highest BCUT2D eigenvalue weighted by molar-refractivity contribution is 9.10. The van der Waals surface area contributed by atoms with Crippen LogP contribution in [0.2, 0.25) is 0 Å². The molecule has 0 aliphatic carbocycles. The third-order valence-corrected chi connectivity index (χ3v) is 3.01. The summed E-state index contributed by atoms with van der Waals surface area (Å²) in [5.74, 6) is 1.01. The summed E-state index contributed by atoms with van der Waals surface area (Å²) in [5, 5.41) is 8.24. The molecule has 2 aromatic heterocycles. The van der Waals surface area contributed by atoms with Gasteiger partial charge in [-0.1, -0.05) is 22.9 Å². The first-order valence-electron chi connectivity index (χ1n) is 4.22. The maximum absolute atomic E-state index is 4.13. The second-order valence-corrected chi connectivity index (χ2v) is 3.81. The third-order valence-electron chi connectivity index (χ3n) is 2.15. The molecule has 0 atom stereocenters. The van der Waals surface area contributed by atoms with Gasteiger partial charge in [0, 0.05) is 22.7 Å². The van der Waals surface area contributed by atoms with Gasteiger partial charge in [-0.2, -0.15) is 0 Å². The molecular weight excluding hydrogens is 230 g/mol. The van der Waals surface area contributed by atoms with Gasteiger partial charge in [-0.3, -0.25) is 4.40 Å². The summed E-state index contributed by atoms with van der Waals surface area (Å²) in [6, 6.07) is 2.02. The fourth-order valence-corrected chi connectivity index (χ4v) is 1.64. The van der Waals surface area contributed by atoms with Crippen LogP contribution in [0, 0.1) is 6.92 Å². The Hall–Kier alpha value is -0.900. The largest absolute Gasteiger partial charge is 0.286 e. The molecule has 0 aliphatic heterocycles. The Labute approximate surface area is 84.9 Å². The molecule has 4 heteroatoms. The molecule has 0 radical (unpaired) electrons. The number of fused-ring (bicyclic) bond motifs is 1. The van der Waals surface area contributed by atoms with E-state index in [-0.39, 0.29) is 0 Å². The van der Waals surface area contributed by atoms with E-state index in [0.29, 0.717) is 0 Å². The van der Waals surface area contributed by atoms with Crippen LogP contribution >= 0.6 is 15.9 Å². The van der Waals surface area contributed by atoms with Crippen LogP contribution in [0.25, 0.3) is 5.65 Å². The lowest BCUT2D eigenvalue weighted by Crippen LogP contribution is -1.93. The fraction of sp³-hybridized carbons (Fsp3) is 0.333. The van der Waals surface area contributed by atoms with Crippen molar-refractivity contribution in [3.05, 3.63) is 28.1 Å². The molecule has 0 aliphatic rings. The summed E-state index contributed by atoms with van der Waals surface area (Å²) in [4.78, 5) is 0. The van der Waals surface area contributed by atoms with E-state index in [0.717, 1.165) is 27.9 Å². The Bertz CT molecular complexity index is 447. The van der Waals surface area contributed by atoms with Crippen molar-refractivity contribution in [2.75, 3.05) is 0 Å². The van der Waals surface area contributed by atoms with Crippen LogP contribution in [0.4, 0.5) is 0 Å². The lowest BCUT2D eigenvalue weighted by atomic mass is 10.3. The van der Waals surface area contributed by atoms with E-state index < -0.39 is 0 Å². The number of nitrogens with zero attached hydrogens (tertiary/aromatic N) is 3. The van der Waals surface area contributed by atoms with Crippen LogP contribution in [0.5, 0.6) is 0 Å². The lowest BCUT2D eigenvalue weighted by molar-refractivity contribution is 0.908. The van der Waals surface area contributed by atoms with Crippen LogP contribution in [-0.4, -0.2) is 14.6 Å². The van der Waals surface area contributed by atoms with Crippen molar-refractivity contribution in [1.29, 1.82) is 0 Å². The molecule has 0 spiro atoms. The zero-order valence-corrected chi connectivity index (χ0v) is 9.17. The minimum atomic E-state index is 0.905. The Balaban J connectivity index is 2.81. The lowest BCUT2D eigenvalue weighted by Gasteiger charge is -2.00.